The van der Waals surface area contributed by atoms with Crippen LogP contribution in [0.25, 0.3) is 0 Å². The van der Waals surface area contributed by atoms with Gasteiger partial charge in [-0.2, -0.15) is 10.2 Å². The van der Waals surface area contributed by atoms with Gasteiger partial charge in [-0.15, -0.1) is 0 Å². The molecule has 0 aliphatic heterocycles. The average molecular weight is 1050 g/mol. The van der Waals surface area contributed by atoms with Crippen LogP contribution < -0.4 is 9.47 Å². The summed E-state index contributed by atoms with van der Waals surface area (Å²) in [6.07, 6.45) is 26.8. The largest absolute Gasteiger partial charge is 0.493 e. The minimum absolute atomic E-state index is 0. The molecule has 13 heteroatoms. The van der Waals surface area contributed by atoms with E-state index >= 15 is 0 Å². The zero-order chi connectivity index (χ0) is 48.0. The summed E-state index contributed by atoms with van der Waals surface area (Å²) in [6.45, 7) is 10.9. The Morgan fingerprint density at radius 2 is 1.13 bits per heavy atom. The van der Waals surface area contributed by atoms with Crippen LogP contribution in [0.4, 0.5) is 0 Å². The number of nitrogens with one attached hydrogen (secondary N) is 1. The van der Waals surface area contributed by atoms with Crippen molar-refractivity contribution in [3.8, 4) is 11.5 Å². The molecule has 8 saturated carbocycles. The van der Waals surface area contributed by atoms with Crippen molar-refractivity contribution >= 4 is 27.5 Å². The molecule has 0 spiro atoms. The number of rotatable bonds is 11. The fourth-order valence-corrected chi connectivity index (χ4v) is 18.3. The summed E-state index contributed by atoms with van der Waals surface area (Å²) in [4.78, 5) is 26.1. The molecule has 0 aromatic carbocycles. The number of ketones is 2. The Morgan fingerprint density at radius 1 is 0.643 bits per heavy atom. The van der Waals surface area contributed by atoms with E-state index in [9.17, 15) is 19.8 Å². The minimum Gasteiger partial charge on any atom is -0.493 e. The van der Waals surface area contributed by atoms with E-state index in [1.807, 2.05) is 34.3 Å². The van der Waals surface area contributed by atoms with Crippen molar-refractivity contribution in [1.29, 1.82) is 0 Å². The number of Topliss-reactive ketones (excluding diaryl/α,β-unsaturated/α-hetero) is 2. The molecule has 8 fully saturated rings. The van der Waals surface area contributed by atoms with E-state index in [0.29, 0.717) is 70.6 Å². The number of hydrogen-bond donors (Lipinski definition) is 3. The number of fused-ring (bicyclic) bond motifs is 10. The maximum atomic E-state index is 13.4. The number of aliphatic hydroxyl groups is 2. The van der Waals surface area contributed by atoms with E-state index in [1.165, 1.54) is 57.8 Å². The Hall–Kier alpha value is -2.32. The number of H-pyrrole nitrogens is 1. The first-order valence-corrected chi connectivity index (χ1v) is 27.2. The lowest BCUT2D eigenvalue weighted by atomic mass is 9.43. The van der Waals surface area contributed by atoms with Gasteiger partial charge in [-0.25, -0.2) is 0 Å². The summed E-state index contributed by atoms with van der Waals surface area (Å²) in [5, 5.41) is 32.6. The van der Waals surface area contributed by atoms with Crippen molar-refractivity contribution in [3.05, 3.63) is 24.8 Å². The van der Waals surface area contributed by atoms with Gasteiger partial charge in [-0.1, -0.05) is 52.1 Å². The van der Waals surface area contributed by atoms with Crippen molar-refractivity contribution in [2.24, 2.45) is 80.8 Å². The number of halogens is 1. The maximum absolute atomic E-state index is 13.4. The van der Waals surface area contributed by atoms with Crippen molar-refractivity contribution in [2.45, 2.75) is 183 Å². The van der Waals surface area contributed by atoms with Gasteiger partial charge in [0.2, 0.25) is 0 Å². The Labute approximate surface area is 431 Å². The lowest BCUT2D eigenvalue weighted by Crippen LogP contribution is -2.58. The van der Waals surface area contributed by atoms with Gasteiger partial charge in [-0.05, 0) is 198 Å². The van der Waals surface area contributed by atoms with E-state index < -0.39 is 11.2 Å². The number of aromatic amines is 1. The van der Waals surface area contributed by atoms with Gasteiger partial charge in [-0.3, -0.25) is 19.4 Å². The van der Waals surface area contributed by atoms with Crippen molar-refractivity contribution < 1.29 is 38.7 Å². The Bertz CT molecular complexity index is 1990. The van der Waals surface area contributed by atoms with Crippen molar-refractivity contribution in [2.75, 3.05) is 47.0 Å². The molecule has 2 heterocycles. The van der Waals surface area contributed by atoms with E-state index in [2.05, 4.69) is 45.1 Å². The van der Waals surface area contributed by atoms with Crippen LogP contribution in [0.2, 0.25) is 0 Å². The number of aromatic nitrogens is 4. The van der Waals surface area contributed by atoms with Crippen LogP contribution in [0.15, 0.2) is 24.8 Å². The van der Waals surface area contributed by atoms with Crippen LogP contribution >= 0.6 is 15.9 Å². The number of methoxy groups -OCH3 is 4. The van der Waals surface area contributed by atoms with Gasteiger partial charge in [0, 0.05) is 26.1 Å². The average Bonchev–Trinajstić information content (AvgIpc) is 4.13. The van der Waals surface area contributed by atoms with Gasteiger partial charge in [0.1, 0.15) is 5.78 Å². The third kappa shape index (κ3) is 10.8. The van der Waals surface area contributed by atoms with Crippen LogP contribution in [-0.4, -0.2) is 99.9 Å². The summed E-state index contributed by atoms with van der Waals surface area (Å²) in [5.74, 6) is 7.86. The van der Waals surface area contributed by atoms with E-state index in [4.69, 9.17) is 18.9 Å². The van der Waals surface area contributed by atoms with Crippen LogP contribution in [0.3, 0.4) is 0 Å². The first-order chi connectivity index (χ1) is 31.9. The Morgan fingerprint density at radius 3 is 1.53 bits per heavy atom. The van der Waals surface area contributed by atoms with Gasteiger partial charge in [0.05, 0.1) is 75.3 Å². The molecule has 400 valence electrons. The second-order valence-corrected chi connectivity index (χ2v) is 24.7. The number of carbonyl (C=O) groups excluding carboxylic acids is 2. The number of alkyl halides is 1. The summed E-state index contributed by atoms with van der Waals surface area (Å²) in [6, 6.07) is 0. The van der Waals surface area contributed by atoms with E-state index in [1.54, 1.807) is 37.5 Å². The molecule has 16 atom stereocenters. The molecule has 3 N–H and O–H groups in total. The summed E-state index contributed by atoms with van der Waals surface area (Å²) < 4.78 is 23.4. The monoisotopic (exact) mass is 1040 g/mol. The molecule has 8 aliphatic carbocycles. The summed E-state index contributed by atoms with van der Waals surface area (Å²) in [5.41, 5.74) is -0.283. The summed E-state index contributed by atoms with van der Waals surface area (Å²) in [7, 11) is 6.94. The number of nitrogens with zero attached hydrogens (tertiary/aromatic N) is 3. The van der Waals surface area contributed by atoms with Gasteiger partial charge >= 0.3 is 0 Å². The molecular formula is C57H97BrN4O8. The molecule has 2 aromatic rings. The molecule has 0 radical (unpaired) electrons. The lowest BCUT2D eigenvalue weighted by molar-refractivity contribution is -0.175. The molecule has 0 unspecified atom stereocenters. The highest BCUT2D eigenvalue weighted by atomic mass is 79.9. The quantitative estimate of drug-likeness (QED) is 0.185. The third-order valence-electron chi connectivity index (χ3n) is 20.9. The molecule has 10 rings (SSSR count). The Balaban J connectivity index is 0.000000223. The zero-order valence-electron chi connectivity index (χ0n) is 42.2. The van der Waals surface area contributed by atoms with Gasteiger partial charge in [0.15, 0.2) is 17.3 Å². The number of ether oxygens (including phenoxy) is 4. The SMILES string of the molecule is C.C.C.COC[C@]12CC[C@@](C)(O)C[C@@H]1CC[C@H]1[C@@H]3CC[C@H](C(=O)CBr)[C@@]3(C)CC[C@@H]12.COC[C@]12CC[C@@](C)(O)C[C@@H]1CC[C@H]1[C@@H]3CC[C@H](C(=O)Cn4cc(OC)cn4)[C@@]3(C)CC[C@@H]12.COc1cn[nH]c1. The van der Waals surface area contributed by atoms with Crippen LogP contribution in [0, 0.1) is 80.8 Å². The molecule has 2 aromatic heterocycles. The second-order valence-electron chi connectivity index (χ2n) is 24.2. The fourth-order valence-electron chi connectivity index (χ4n) is 17.9. The normalized spacial score (nSPS) is 41.9. The molecular weight excluding hydrogens is 949 g/mol. The summed E-state index contributed by atoms with van der Waals surface area (Å²) >= 11 is 3.43. The highest BCUT2D eigenvalue weighted by molar-refractivity contribution is 9.09. The Kier molecular flexibility index (Phi) is 19.3. The molecule has 12 nitrogen and oxygen atoms in total. The lowest BCUT2D eigenvalue weighted by Gasteiger charge is -2.62. The molecule has 0 bridgehead atoms. The first kappa shape index (κ1) is 58.6. The molecule has 0 saturated heterocycles. The zero-order valence-corrected chi connectivity index (χ0v) is 43.8. The third-order valence-corrected chi connectivity index (χ3v) is 21.5. The van der Waals surface area contributed by atoms with Crippen molar-refractivity contribution in [1.82, 2.24) is 20.0 Å². The standard InChI is InChI=1S/C27H42N2O4.C23H37BrO3.C4H6N2O.3CH4/c1-25(31)11-12-27(17-32-3)18(13-25)5-6-20-21-7-8-23(26(21,2)10-9-22(20)27)24(30)16-29-15-19(33-4)14-28-29;1-21(26)10-11-23(14-27-3)15(12-21)4-5-16-17-6-7-19(20(25)13-24)22(17,2)9-8-18(16)23;1-7-4-2-5-6-3-4;;;/h14-15,18,20-23,31H,5-13,16-17H2,1-4H3;15-19,26H,4-14H2,1-3H3;2-3H,1H3,(H,5,6);3*1H4/t18-,20-,21-,22-,23+,25+,26-,27+;15-,16-,17-,18-,19+,21+,22-,23+;;;;/m00..../s1. The van der Waals surface area contributed by atoms with Crippen LogP contribution in [0.1, 0.15) is 166 Å². The second kappa shape index (κ2) is 23.1. The minimum atomic E-state index is -0.530. The maximum Gasteiger partial charge on any atom is 0.157 e. The van der Waals surface area contributed by atoms with Crippen LogP contribution in [0.5, 0.6) is 11.5 Å². The van der Waals surface area contributed by atoms with Gasteiger partial charge < -0.3 is 29.2 Å². The molecule has 0 amide bonds. The topological polar surface area (TPSA) is 158 Å². The number of hydrogen-bond acceptors (Lipinski definition) is 10. The van der Waals surface area contributed by atoms with E-state index in [-0.39, 0.29) is 55.8 Å². The highest BCUT2D eigenvalue weighted by Gasteiger charge is 2.65. The van der Waals surface area contributed by atoms with Crippen LogP contribution in [-0.2, 0) is 25.6 Å². The highest BCUT2D eigenvalue weighted by Crippen LogP contribution is 2.70. The van der Waals surface area contributed by atoms with Crippen molar-refractivity contribution in [3.63, 3.8) is 0 Å². The fraction of sp³-hybridized carbons (Fsp3) is 0.860. The first-order valence-electron chi connectivity index (χ1n) is 26.1. The van der Waals surface area contributed by atoms with E-state index in [0.717, 1.165) is 82.7 Å². The molecule has 8 aliphatic rings. The number of carbonyl (C=O) groups is 2. The molecule has 70 heavy (non-hydrogen) atoms. The predicted molar refractivity (Wildman–Crippen MR) is 282 cm³/mol. The van der Waals surface area contributed by atoms with Gasteiger partial charge in [0.25, 0.3) is 0 Å². The predicted octanol–water partition coefficient (Wildman–Crippen LogP) is 11.8. The smallest absolute Gasteiger partial charge is 0.157 e.